The van der Waals surface area contributed by atoms with Crippen LogP contribution >= 0.6 is 0 Å². The van der Waals surface area contributed by atoms with Gasteiger partial charge in [0.2, 0.25) is 0 Å². The van der Waals surface area contributed by atoms with Gasteiger partial charge in [-0.15, -0.1) is 0 Å². The van der Waals surface area contributed by atoms with Gasteiger partial charge in [0.1, 0.15) is 5.54 Å². The fraction of sp³-hybridized carbons (Fsp3) is 0.588. The smallest absolute Gasteiger partial charge is 0.332 e. The molecule has 1 fully saturated rings. The lowest BCUT2D eigenvalue weighted by atomic mass is 9.71. The van der Waals surface area contributed by atoms with Crippen LogP contribution in [0.2, 0.25) is 0 Å². The number of rotatable bonds is 5. The number of esters is 1. The first-order valence-electron chi connectivity index (χ1n) is 7.73. The molecule has 20 heavy (non-hydrogen) atoms. The number of benzene rings is 1. The highest BCUT2D eigenvalue weighted by atomic mass is 16.5. The molecule has 1 aromatic carbocycles. The van der Waals surface area contributed by atoms with Gasteiger partial charge in [-0.2, -0.15) is 0 Å². The molecule has 1 aromatic rings. The van der Waals surface area contributed by atoms with E-state index in [4.69, 9.17) is 4.74 Å². The first-order valence-corrected chi connectivity index (χ1v) is 7.73. The van der Waals surface area contributed by atoms with Crippen LogP contribution < -0.4 is 5.32 Å². The summed E-state index contributed by atoms with van der Waals surface area (Å²) in [5, 5.41) is 3.51. The molecule has 1 aliphatic rings. The normalized spacial score (nSPS) is 26.0. The van der Waals surface area contributed by atoms with Gasteiger partial charge in [0.15, 0.2) is 0 Å². The number of para-hydroxylation sites is 1. The molecule has 1 saturated carbocycles. The first kappa shape index (κ1) is 14.9. The average Bonchev–Trinajstić information content (AvgIpc) is 2.49. The van der Waals surface area contributed by atoms with Crippen molar-refractivity contribution >= 4 is 11.7 Å². The van der Waals surface area contributed by atoms with Crippen LogP contribution in [-0.4, -0.2) is 18.1 Å². The summed E-state index contributed by atoms with van der Waals surface area (Å²) in [6, 6.07) is 10.0. The van der Waals surface area contributed by atoms with E-state index in [1.165, 1.54) is 6.42 Å². The lowest BCUT2D eigenvalue weighted by Crippen LogP contribution is -2.55. The zero-order chi connectivity index (χ0) is 14.4. The Hall–Kier alpha value is -1.51. The van der Waals surface area contributed by atoms with Crippen molar-refractivity contribution in [1.82, 2.24) is 0 Å². The van der Waals surface area contributed by atoms with Gasteiger partial charge in [0.05, 0.1) is 6.61 Å². The molecule has 0 bridgehead atoms. The molecule has 0 radical (unpaired) electrons. The molecule has 110 valence electrons. The summed E-state index contributed by atoms with van der Waals surface area (Å²) in [6.07, 6.45) is 5.23. The molecule has 2 unspecified atom stereocenters. The van der Waals surface area contributed by atoms with E-state index in [0.717, 1.165) is 31.4 Å². The summed E-state index contributed by atoms with van der Waals surface area (Å²) in [5.41, 5.74) is 0.450. The minimum atomic E-state index is -0.551. The van der Waals surface area contributed by atoms with Crippen LogP contribution in [0.3, 0.4) is 0 Å². The molecule has 0 aromatic heterocycles. The minimum Gasteiger partial charge on any atom is -0.464 e. The van der Waals surface area contributed by atoms with Crippen LogP contribution in [0.4, 0.5) is 5.69 Å². The van der Waals surface area contributed by atoms with Crippen LogP contribution in [0.1, 0.15) is 46.0 Å². The van der Waals surface area contributed by atoms with E-state index in [0.29, 0.717) is 12.5 Å². The zero-order valence-electron chi connectivity index (χ0n) is 12.5. The van der Waals surface area contributed by atoms with Gasteiger partial charge in [-0.1, -0.05) is 44.4 Å². The predicted molar refractivity (Wildman–Crippen MR) is 81.7 cm³/mol. The summed E-state index contributed by atoms with van der Waals surface area (Å²) in [6.45, 7) is 4.47. The topological polar surface area (TPSA) is 38.3 Å². The Morgan fingerprint density at radius 2 is 2.05 bits per heavy atom. The van der Waals surface area contributed by atoms with Gasteiger partial charge in [0, 0.05) is 5.69 Å². The number of hydrogen-bond acceptors (Lipinski definition) is 3. The van der Waals surface area contributed by atoms with Crippen molar-refractivity contribution in [2.75, 3.05) is 11.9 Å². The second kappa shape index (κ2) is 6.78. The maximum absolute atomic E-state index is 12.6. The molecule has 0 amide bonds. The fourth-order valence-electron chi connectivity index (χ4n) is 3.32. The van der Waals surface area contributed by atoms with Gasteiger partial charge in [-0.05, 0) is 37.8 Å². The molecule has 1 aliphatic carbocycles. The lowest BCUT2D eigenvalue weighted by Gasteiger charge is -2.43. The molecule has 0 heterocycles. The highest BCUT2D eigenvalue weighted by molar-refractivity contribution is 5.85. The Morgan fingerprint density at radius 1 is 1.30 bits per heavy atom. The van der Waals surface area contributed by atoms with Gasteiger partial charge in [0.25, 0.3) is 0 Å². The fourth-order valence-corrected chi connectivity index (χ4v) is 3.32. The van der Waals surface area contributed by atoms with Crippen molar-refractivity contribution in [2.24, 2.45) is 5.92 Å². The van der Waals surface area contributed by atoms with Gasteiger partial charge in [-0.3, -0.25) is 0 Å². The molecular weight excluding hydrogens is 250 g/mol. The molecule has 2 rings (SSSR count). The third kappa shape index (κ3) is 2.97. The van der Waals surface area contributed by atoms with Gasteiger partial charge >= 0.3 is 5.97 Å². The number of ether oxygens (including phenoxy) is 1. The molecule has 0 spiro atoms. The largest absolute Gasteiger partial charge is 0.464 e. The summed E-state index contributed by atoms with van der Waals surface area (Å²) < 4.78 is 5.39. The van der Waals surface area contributed by atoms with E-state index in [2.05, 4.69) is 12.2 Å². The maximum atomic E-state index is 12.6. The Bertz CT molecular complexity index is 432. The molecule has 2 atom stereocenters. The summed E-state index contributed by atoms with van der Waals surface area (Å²) >= 11 is 0. The van der Waals surface area contributed by atoms with E-state index in [1.54, 1.807) is 0 Å². The van der Waals surface area contributed by atoms with E-state index >= 15 is 0 Å². The summed E-state index contributed by atoms with van der Waals surface area (Å²) in [7, 11) is 0. The molecule has 0 aliphatic heterocycles. The maximum Gasteiger partial charge on any atom is 0.332 e. The quantitative estimate of drug-likeness (QED) is 0.825. The Balaban J connectivity index is 2.29. The van der Waals surface area contributed by atoms with Crippen LogP contribution in [0.5, 0.6) is 0 Å². The number of hydrogen-bond donors (Lipinski definition) is 1. The zero-order valence-corrected chi connectivity index (χ0v) is 12.5. The van der Waals surface area contributed by atoms with E-state index in [-0.39, 0.29) is 5.97 Å². The van der Waals surface area contributed by atoms with Gasteiger partial charge in [-0.25, -0.2) is 4.79 Å². The van der Waals surface area contributed by atoms with Crippen molar-refractivity contribution < 1.29 is 9.53 Å². The number of carbonyl (C=O) groups is 1. The van der Waals surface area contributed by atoms with Crippen LogP contribution in [0, 0.1) is 5.92 Å². The van der Waals surface area contributed by atoms with Crippen molar-refractivity contribution in [2.45, 2.75) is 51.5 Å². The van der Waals surface area contributed by atoms with Crippen LogP contribution in [0.25, 0.3) is 0 Å². The third-order valence-electron chi connectivity index (χ3n) is 4.34. The Kier molecular flexibility index (Phi) is 5.05. The molecule has 3 nitrogen and oxygen atoms in total. The standard InChI is InChI=1S/C17H25NO2/c1-3-14-10-8-9-13-17(14,16(19)20-4-2)18-15-11-6-5-7-12-15/h5-7,11-12,14,18H,3-4,8-10,13H2,1-2H3. The lowest BCUT2D eigenvalue weighted by molar-refractivity contribution is -0.152. The Morgan fingerprint density at radius 3 is 2.70 bits per heavy atom. The Labute approximate surface area is 121 Å². The predicted octanol–water partition coefficient (Wildman–Crippen LogP) is 4.00. The average molecular weight is 275 g/mol. The minimum absolute atomic E-state index is 0.0876. The highest BCUT2D eigenvalue weighted by Crippen LogP contribution is 2.39. The molecule has 3 heteroatoms. The first-order chi connectivity index (χ1) is 9.73. The van der Waals surface area contributed by atoms with Crippen molar-refractivity contribution in [1.29, 1.82) is 0 Å². The summed E-state index contributed by atoms with van der Waals surface area (Å²) in [5.74, 6) is 0.255. The molecular formula is C17H25NO2. The van der Waals surface area contributed by atoms with Crippen molar-refractivity contribution in [3.8, 4) is 0 Å². The third-order valence-corrected chi connectivity index (χ3v) is 4.34. The van der Waals surface area contributed by atoms with E-state index in [9.17, 15) is 4.79 Å². The van der Waals surface area contributed by atoms with Crippen LogP contribution in [0.15, 0.2) is 30.3 Å². The van der Waals surface area contributed by atoms with Gasteiger partial charge < -0.3 is 10.1 Å². The number of anilines is 1. The monoisotopic (exact) mass is 275 g/mol. The van der Waals surface area contributed by atoms with E-state index < -0.39 is 5.54 Å². The molecule has 0 saturated heterocycles. The van der Waals surface area contributed by atoms with Crippen molar-refractivity contribution in [3.05, 3.63) is 30.3 Å². The molecule has 1 N–H and O–H groups in total. The SMILES string of the molecule is CCOC(=O)C1(Nc2ccccc2)CCCCC1CC. The number of carbonyl (C=O) groups excluding carboxylic acids is 1. The van der Waals surface area contributed by atoms with E-state index in [1.807, 2.05) is 37.3 Å². The van der Waals surface area contributed by atoms with Crippen molar-refractivity contribution in [3.63, 3.8) is 0 Å². The second-order valence-corrected chi connectivity index (χ2v) is 5.53. The van der Waals surface area contributed by atoms with Crippen LogP contribution in [-0.2, 0) is 9.53 Å². The number of nitrogens with one attached hydrogen (secondary N) is 1. The highest BCUT2D eigenvalue weighted by Gasteiger charge is 2.47. The second-order valence-electron chi connectivity index (χ2n) is 5.53. The summed E-state index contributed by atoms with van der Waals surface area (Å²) in [4.78, 5) is 12.6.